The molecule has 0 amide bonds. The van der Waals surface area contributed by atoms with Gasteiger partial charge in [0.1, 0.15) is 5.75 Å². The second kappa shape index (κ2) is 6.72. The average Bonchev–Trinajstić information content (AvgIpc) is 2.61. The number of methoxy groups -OCH3 is 1. The number of hydrogen-bond acceptors (Lipinski definition) is 2. The van der Waals surface area contributed by atoms with Crippen molar-refractivity contribution in [2.75, 3.05) is 7.11 Å². The molecule has 2 heteroatoms. The maximum atomic E-state index is 5.52. The predicted octanol–water partition coefficient (Wildman–Crippen LogP) is 5.11. The van der Waals surface area contributed by atoms with Crippen molar-refractivity contribution in [3.8, 4) is 16.9 Å². The first-order chi connectivity index (χ1) is 10.9. The van der Waals surface area contributed by atoms with Crippen LogP contribution in [0.3, 0.4) is 0 Å². The molecular formula is C20H17NO. The molecule has 0 unspecified atom stereocenters. The van der Waals surface area contributed by atoms with Gasteiger partial charge in [-0.2, -0.15) is 0 Å². The Hall–Kier alpha value is -2.87. The third-order valence-corrected chi connectivity index (χ3v) is 3.44. The molecule has 0 saturated heterocycles. The Kier molecular flexibility index (Phi) is 4.30. The van der Waals surface area contributed by atoms with Crippen LogP contribution in [0.4, 0.5) is 5.69 Å². The van der Waals surface area contributed by atoms with Gasteiger partial charge in [0.2, 0.25) is 0 Å². The molecule has 0 heterocycles. The first-order valence-electron chi connectivity index (χ1n) is 7.20. The lowest BCUT2D eigenvalue weighted by Gasteiger charge is -2.11. The molecule has 0 aliphatic rings. The summed E-state index contributed by atoms with van der Waals surface area (Å²) in [6.45, 7) is 0. The maximum Gasteiger partial charge on any atom is 0.128 e. The summed E-state index contributed by atoms with van der Waals surface area (Å²) in [6.07, 6.45) is 1.88. The van der Waals surface area contributed by atoms with Crippen molar-refractivity contribution in [2.24, 2.45) is 4.99 Å². The number of nitrogens with zero attached hydrogens (tertiary/aromatic N) is 1. The molecule has 0 N–H and O–H groups in total. The van der Waals surface area contributed by atoms with Crippen molar-refractivity contribution in [3.63, 3.8) is 0 Å². The molecule has 0 aromatic heterocycles. The molecule has 2 nitrogen and oxygen atoms in total. The molecular weight excluding hydrogens is 270 g/mol. The average molecular weight is 287 g/mol. The van der Waals surface area contributed by atoms with Crippen molar-refractivity contribution in [1.82, 2.24) is 0 Å². The van der Waals surface area contributed by atoms with Gasteiger partial charge in [-0.05, 0) is 23.3 Å². The summed E-state index contributed by atoms with van der Waals surface area (Å²) in [5.74, 6) is 0.828. The summed E-state index contributed by atoms with van der Waals surface area (Å²) in [4.78, 5) is 4.66. The van der Waals surface area contributed by atoms with Crippen molar-refractivity contribution in [3.05, 3.63) is 84.4 Å². The van der Waals surface area contributed by atoms with Crippen LogP contribution in [0.1, 0.15) is 5.56 Å². The van der Waals surface area contributed by atoms with Crippen LogP contribution in [0.15, 0.2) is 83.9 Å². The Bertz CT molecular complexity index is 764. The molecule has 0 radical (unpaired) electrons. The van der Waals surface area contributed by atoms with Crippen LogP contribution < -0.4 is 4.74 Å². The van der Waals surface area contributed by atoms with Crippen LogP contribution in [0.25, 0.3) is 11.1 Å². The summed E-state index contributed by atoms with van der Waals surface area (Å²) in [6, 6.07) is 26.2. The summed E-state index contributed by atoms with van der Waals surface area (Å²) in [5.41, 5.74) is 4.08. The van der Waals surface area contributed by atoms with E-state index in [0.29, 0.717) is 0 Å². The fourth-order valence-corrected chi connectivity index (χ4v) is 2.38. The van der Waals surface area contributed by atoms with Crippen LogP contribution in [0.5, 0.6) is 5.75 Å². The zero-order valence-electron chi connectivity index (χ0n) is 12.4. The quantitative estimate of drug-likeness (QED) is 0.611. The number of hydrogen-bond donors (Lipinski definition) is 0. The highest BCUT2D eigenvalue weighted by Crippen LogP contribution is 2.38. The minimum Gasteiger partial charge on any atom is -0.496 e. The maximum absolute atomic E-state index is 5.52. The highest BCUT2D eigenvalue weighted by atomic mass is 16.5. The zero-order valence-corrected chi connectivity index (χ0v) is 12.4. The lowest BCUT2D eigenvalue weighted by atomic mass is 10.0. The smallest absolute Gasteiger partial charge is 0.128 e. The molecule has 3 aromatic rings. The van der Waals surface area contributed by atoms with E-state index in [0.717, 1.165) is 28.1 Å². The molecule has 0 saturated carbocycles. The summed E-state index contributed by atoms with van der Waals surface area (Å²) in [7, 11) is 1.69. The van der Waals surface area contributed by atoms with E-state index >= 15 is 0 Å². The summed E-state index contributed by atoms with van der Waals surface area (Å²) in [5, 5.41) is 0. The SMILES string of the molecule is COc1cccc(N=Cc2ccccc2)c1-c1ccccc1. The van der Waals surface area contributed by atoms with Crippen molar-refractivity contribution < 1.29 is 4.74 Å². The lowest BCUT2D eigenvalue weighted by molar-refractivity contribution is 0.416. The van der Waals surface area contributed by atoms with Gasteiger partial charge in [0.15, 0.2) is 0 Å². The predicted molar refractivity (Wildman–Crippen MR) is 92.1 cm³/mol. The van der Waals surface area contributed by atoms with Crippen LogP contribution in [-0.2, 0) is 0 Å². The van der Waals surface area contributed by atoms with Crippen molar-refractivity contribution >= 4 is 11.9 Å². The Morgan fingerprint density at radius 1 is 0.773 bits per heavy atom. The molecule has 0 aliphatic carbocycles. The molecule has 3 rings (SSSR count). The topological polar surface area (TPSA) is 21.6 Å². The molecule has 0 bridgehead atoms. The Balaban J connectivity index is 2.06. The second-order valence-corrected chi connectivity index (χ2v) is 4.89. The molecule has 0 spiro atoms. The molecule has 3 aromatic carbocycles. The van der Waals surface area contributed by atoms with Gasteiger partial charge in [-0.25, -0.2) is 0 Å². The van der Waals surface area contributed by atoms with Gasteiger partial charge in [0, 0.05) is 11.8 Å². The minimum absolute atomic E-state index is 0.828. The number of aliphatic imine (C=N–C) groups is 1. The Morgan fingerprint density at radius 2 is 1.45 bits per heavy atom. The van der Waals surface area contributed by atoms with Crippen LogP contribution >= 0.6 is 0 Å². The van der Waals surface area contributed by atoms with E-state index in [9.17, 15) is 0 Å². The Labute approximate surface area is 130 Å². The number of rotatable bonds is 4. The first-order valence-corrected chi connectivity index (χ1v) is 7.20. The van der Waals surface area contributed by atoms with Gasteiger partial charge in [0.25, 0.3) is 0 Å². The fourth-order valence-electron chi connectivity index (χ4n) is 2.38. The fraction of sp³-hybridized carbons (Fsp3) is 0.0500. The molecule has 0 aliphatic heterocycles. The van der Waals surface area contributed by atoms with Gasteiger partial charge in [0.05, 0.1) is 12.8 Å². The highest BCUT2D eigenvalue weighted by molar-refractivity contribution is 5.88. The largest absolute Gasteiger partial charge is 0.496 e. The lowest BCUT2D eigenvalue weighted by Crippen LogP contribution is -1.89. The molecule has 22 heavy (non-hydrogen) atoms. The van der Waals surface area contributed by atoms with E-state index in [1.165, 1.54) is 0 Å². The van der Waals surface area contributed by atoms with E-state index in [4.69, 9.17) is 4.74 Å². The molecule has 0 atom stereocenters. The molecule has 0 fully saturated rings. The summed E-state index contributed by atoms with van der Waals surface area (Å²) >= 11 is 0. The van der Waals surface area contributed by atoms with Gasteiger partial charge >= 0.3 is 0 Å². The van der Waals surface area contributed by atoms with E-state index < -0.39 is 0 Å². The summed E-state index contributed by atoms with van der Waals surface area (Å²) < 4.78 is 5.52. The van der Waals surface area contributed by atoms with E-state index in [2.05, 4.69) is 17.1 Å². The third kappa shape index (κ3) is 3.07. The highest BCUT2D eigenvalue weighted by Gasteiger charge is 2.10. The Morgan fingerprint density at radius 3 is 2.14 bits per heavy atom. The standard InChI is InChI=1S/C20H17NO/c1-22-19-14-8-13-18(20(19)17-11-6-3-7-12-17)21-15-16-9-4-2-5-10-16/h2-15H,1H3. The van der Waals surface area contributed by atoms with Crippen LogP contribution in [0, 0.1) is 0 Å². The minimum atomic E-state index is 0.828. The number of benzene rings is 3. The van der Waals surface area contributed by atoms with Crippen molar-refractivity contribution in [2.45, 2.75) is 0 Å². The van der Waals surface area contributed by atoms with Gasteiger partial charge in [-0.1, -0.05) is 66.7 Å². The third-order valence-electron chi connectivity index (χ3n) is 3.44. The van der Waals surface area contributed by atoms with E-state index in [1.54, 1.807) is 7.11 Å². The van der Waals surface area contributed by atoms with Crippen LogP contribution in [-0.4, -0.2) is 13.3 Å². The van der Waals surface area contributed by atoms with Gasteiger partial charge < -0.3 is 4.74 Å². The van der Waals surface area contributed by atoms with Crippen LogP contribution in [0.2, 0.25) is 0 Å². The normalized spacial score (nSPS) is 10.8. The van der Waals surface area contributed by atoms with E-state index in [-0.39, 0.29) is 0 Å². The second-order valence-electron chi connectivity index (χ2n) is 4.89. The molecule has 108 valence electrons. The van der Waals surface area contributed by atoms with Crippen molar-refractivity contribution in [1.29, 1.82) is 0 Å². The van der Waals surface area contributed by atoms with Gasteiger partial charge in [-0.3, -0.25) is 4.99 Å². The monoisotopic (exact) mass is 287 g/mol. The zero-order chi connectivity index (χ0) is 15.2. The first kappa shape index (κ1) is 14.1. The van der Waals surface area contributed by atoms with Gasteiger partial charge in [-0.15, -0.1) is 0 Å². The van der Waals surface area contributed by atoms with E-state index in [1.807, 2.05) is 72.9 Å². The number of ether oxygens (including phenoxy) is 1.